The predicted molar refractivity (Wildman–Crippen MR) is 71.5 cm³/mol. The molecule has 0 spiro atoms. The minimum Gasteiger partial charge on any atom is -0.370 e. The molecule has 0 saturated heterocycles. The highest BCUT2D eigenvalue weighted by Crippen LogP contribution is 2.38. The van der Waals surface area contributed by atoms with Crippen molar-refractivity contribution in [1.82, 2.24) is 9.78 Å². The molecule has 5 nitrogen and oxygen atoms in total. The van der Waals surface area contributed by atoms with E-state index in [9.17, 15) is 18.0 Å². The molecule has 8 heteroatoms. The third kappa shape index (κ3) is 4.64. The minimum atomic E-state index is -4.12. The summed E-state index contributed by atoms with van der Waals surface area (Å²) in [6.45, 7) is 0.368. The quantitative estimate of drug-likeness (QED) is 0.876. The number of primary amides is 1. The van der Waals surface area contributed by atoms with Gasteiger partial charge in [-0.3, -0.25) is 9.48 Å². The Morgan fingerprint density at radius 2 is 2.24 bits per heavy atom. The van der Waals surface area contributed by atoms with Crippen LogP contribution in [0, 0.1) is 5.92 Å². The standard InChI is InChI=1S/C13H19F3N4O/c14-13(15,16)9-2-1-3-10(8-9)18-12-5-7-20(19-12)6-4-11(17)21/h5,7,9-10H,1-4,6,8H2,(H2,17,21)(H,18,19)/t9-,10-/m1/s1. The molecular formula is C13H19F3N4O. The van der Waals surface area contributed by atoms with Gasteiger partial charge in [0, 0.05) is 31.3 Å². The van der Waals surface area contributed by atoms with Crippen molar-refractivity contribution in [3.63, 3.8) is 0 Å². The first-order valence-corrected chi connectivity index (χ1v) is 6.99. The van der Waals surface area contributed by atoms with Crippen LogP contribution in [0.2, 0.25) is 0 Å². The molecule has 1 aromatic heterocycles. The van der Waals surface area contributed by atoms with Crippen molar-refractivity contribution < 1.29 is 18.0 Å². The summed E-state index contributed by atoms with van der Waals surface area (Å²) in [4.78, 5) is 10.7. The van der Waals surface area contributed by atoms with E-state index >= 15 is 0 Å². The third-order valence-electron chi connectivity index (χ3n) is 3.72. The fraction of sp³-hybridized carbons (Fsp3) is 0.692. The molecule has 0 bridgehead atoms. The summed E-state index contributed by atoms with van der Waals surface area (Å²) < 4.78 is 39.8. The molecule has 1 aliphatic carbocycles. The number of amides is 1. The zero-order valence-electron chi connectivity index (χ0n) is 11.6. The average Bonchev–Trinajstić information content (AvgIpc) is 2.83. The number of aromatic nitrogens is 2. The zero-order valence-corrected chi connectivity index (χ0v) is 11.6. The Balaban J connectivity index is 1.88. The first kappa shape index (κ1) is 15.7. The van der Waals surface area contributed by atoms with Gasteiger partial charge in [-0.05, 0) is 19.3 Å². The average molecular weight is 304 g/mol. The summed E-state index contributed by atoms with van der Waals surface area (Å²) in [7, 11) is 0. The van der Waals surface area contributed by atoms with E-state index in [1.807, 2.05) is 0 Å². The SMILES string of the molecule is NC(=O)CCn1ccc(N[C@@H]2CCC[C@@H](C(F)(F)F)C2)n1. The summed E-state index contributed by atoms with van der Waals surface area (Å²) >= 11 is 0. The number of carbonyl (C=O) groups is 1. The largest absolute Gasteiger partial charge is 0.391 e. The highest BCUT2D eigenvalue weighted by atomic mass is 19.4. The van der Waals surface area contributed by atoms with Crippen LogP contribution >= 0.6 is 0 Å². The highest BCUT2D eigenvalue weighted by molar-refractivity contribution is 5.73. The first-order valence-electron chi connectivity index (χ1n) is 6.99. The number of nitrogens with one attached hydrogen (secondary N) is 1. The molecule has 118 valence electrons. The van der Waals surface area contributed by atoms with Gasteiger partial charge in [-0.1, -0.05) is 6.42 Å². The van der Waals surface area contributed by atoms with Crippen molar-refractivity contribution in [3.8, 4) is 0 Å². The van der Waals surface area contributed by atoms with Crippen LogP contribution < -0.4 is 11.1 Å². The lowest BCUT2D eigenvalue weighted by Gasteiger charge is -2.31. The maximum absolute atomic E-state index is 12.7. The Morgan fingerprint density at radius 3 is 2.90 bits per heavy atom. The fourth-order valence-corrected chi connectivity index (χ4v) is 2.62. The summed E-state index contributed by atoms with van der Waals surface area (Å²) in [5.74, 6) is -1.12. The van der Waals surface area contributed by atoms with Gasteiger partial charge in [0.05, 0.1) is 5.92 Å². The van der Waals surface area contributed by atoms with Gasteiger partial charge < -0.3 is 11.1 Å². The Labute approximate surface area is 120 Å². The van der Waals surface area contributed by atoms with Crippen LogP contribution in [-0.2, 0) is 11.3 Å². The lowest BCUT2D eigenvalue weighted by molar-refractivity contribution is -0.182. The Hall–Kier alpha value is -1.73. The van der Waals surface area contributed by atoms with Crippen molar-refractivity contribution in [2.24, 2.45) is 11.7 Å². The number of nitrogens with zero attached hydrogens (tertiary/aromatic N) is 2. The van der Waals surface area contributed by atoms with Crippen LogP contribution in [0.1, 0.15) is 32.1 Å². The maximum atomic E-state index is 12.7. The first-order chi connectivity index (χ1) is 9.84. The van der Waals surface area contributed by atoms with Crippen LogP contribution in [0.25, 0.3) is 0 Å². The Morgan fingerprint density at radius 1 is 1.48 bits per heavy atom. The molecule has 0 aliphatic heterocycles. The van der Waals surface area contributed by atoms with E-state index in [4.69, 9.17) is 5.73 Å². The van der Waals surface area contributed by atoms with Gasteiger partial charge in [-0.25, -0.2) is 0 Å². The molecule has 3 N–H and O–H groups in total. The van der Waals surface area contributed by atoms with Gasteiger partial charge in [-0.15, -0.1) is 0 Å². The minimum absolute atomic E-state index is 0.0810. The topological polar surface area (TPSA) is 72.9 Å². The Bertz CT molecular complexity index is 486. The second-order valence-corrected chi connectivity index (χ2v) is 5.43. The van der Waals surface area contributed by atoms with Gasteiger partial charge in [0.15, 0.2) is 0 Å². The number of anilines is 1. The summed E-state index contributed by atoms with van der Waals surface area (Å²) in [6, 6.07) is 1.47. The number of nitrogens with two attached hydrogens (primary N) is 1. The molecule has 1 amide bonds. The normalized spacial score (nSPS) is 23.0. The number of rotatable bonds is 5. The Kier molecular flexibility index (Phi) is 4.74. The second kappa shape index (κ2) is 6.36. The number of halogens is 3. The lowest BCUT2D eigenvalue weighted by Crippen LogP contribution is -2.34. The highest BCUT2D eigenvalue weighted by Gasteiger charge is 2.42. The third-order valence-corrected chi connectivity index (χ3v) is 3.72. The van der Waals surface area contributed by atoms with Gasteiger partial charge in [0.25, 0.3) is 0 Å². The molecule has 1 aromatic rings. The number of carbonyl (C=O) groups excluding carboxylic acids is 1. The van der Waals surface area contributed by atoms with E-state index in [0.717, 1.165) is 0 Å². The van der Waals surface area contributed by atoms with Gasteiger partial charge in [0.2, 0.25) is 5.91 Å². The molecule has 0 aromatic carbocycles. The van der Waals surface area contributed by atoms with Gasteiger partial charge in [0.1, 0.15) is 5.82 Å². The van der Waals surface area contributed by atoms with E-state index in [2.05, 4.69) is 10.4 Å². The lowest BCUT2D eigenvalue weighted by atomic mass is 9.85. The number of hydrogen-bond acceptors (Lipinski definition) is 3. The van der Waals surface area contributed by atoms with Crippen molar-refractivity contribution in [1.29, 1.82) is 0 Å². The number of aryl methyl sites for hydroxylation is 1. The van der Waals surface area contributed by atoms with E-state index in [-0.39, 0.29) is 25.3 Å². The van der Waals surface area contributed by atoms with Crippen LogP contribution in [-0.4, -0.2) is 27.9 Å². The van der Waals surface area contributed by atoms with Crippen LogP contribution in [0.3, 0.4) is 0 Å². The maximum Gasteiger partial charge on any atom is 0.391 e. The molecule has 1 saturated carbocycles. The van der Waals surface area contributed by atoms with E-state index in [1.54, 1.807) is 16.9 Å². The van der Waals surface area contributed by atoms with Crippen molar-refractivity contribution >= 4 is 11.7 Å². The van der Waals surface area contributed by atoms with Crippen LogP contribution in [0.4, 0.5) is 19.0 Å². The van der Waals surface area contributed by atoms with Crippen LogP contribution in [0.5, 0.6) is 0 Å². The molecule has 21 heavy (non-hydrogen) atoms. The molecule has 1 aliphatic rings. The molecule has 0 unspecified atom stereocenters. The van der Waals surface area contributed by atoms with Gasteiger partial charge in [-0.2, -0.15) is 18.3 Å². The number of alkyl halides is 3. The molecular weight excluding hydrogens is 285 g/mol. The van der Waals surface area contributed by atoms with E-state index < -0.39 is 18.0 Å². The van der Waals surface area contributed by atoms with Crippen LogP contribution in [0.15, 0.2) is 12.3 Å². The molecule has 2 atom stereocenters. The molecule has 1 heterocycles. The molecule has 1 fully saturated rings. The monoisotopic (exact) mass is 304 g/mol. The van der Waals surface area contributed by atoms with Crippen molar-refractivity contribution in [3.05, 3.63) is 12.3 Å². The van der Waals surface area contributed by atoms with E-state index in [0.29, 0.717) is 25.2 Å². The van der Waals surface area contributed by atoms with Gasteiger partial charge >= 0.3 is 6.18 Å². The zero-order chi connectivity index (χ0) is 15.5. The summed E-state index contributed by atoms with van der Waals surface area (Å²) in [5, 5.41) is 7.22. The summed E-state index contributed by atoms with van der Waals surface area (Å²) in [5.41, 5.74) is 5.05. The smallest absolute Gasteiger partial charge is 0.370 e. The molecule has 0 radical (unpaired) electrons. The fourth-order valence-electron chi connectivity index (χ4n) is 2.62. The number of hydrogen-bond donors (Lipinski definition) is 2. The van der Waals surface area contributed by atoms with E-state index in [1.165, 1.54) is 0 Å². The second-order valence-electron chi connectivity index (χ2n) is 5.43. The molecule has 2 rings (SSSR count). The predicted octanol–water partition coefficient (Wildman–Crippen LogP) is 2.29. The summed E-state index contributed by atoms with van der Waals surface area (Å²) in [6.07, 6.45) is -0.714. The van der Waals surface area contributed by atoms with Crippen molar-refractivity contribution in [2.75, 3.05) is 5.32 Å². The van der Waals surface area contributed by atoms with Crippen molar-refractivity contribution in [2.45, 2.75) is 50.9 Å².